The van der Waals surface area contributed by atoms with Crippen molar-refractivity contribution in [3.63, 3.8) is 0 Å². The molecule has 0 fully saturated rings. The Morgan fingerprint density at radius 3 is 2.62 bits per heavy atom. The lowest BCUT2D eigenvalue weighted by molar-refractivity contribution is -0.146. The summed E-state index contributed by atoms with van der Waals surface area (Å²) in [4.78, 5) is 34.0. The second-order valence-corrected chi connectivity index (χ2v) is 3.51. The van der Waals surface area contributed by atoms with Crippen LogP contribution in [0.1, 0.15) is 20.8 Å². The van der Waals surface area contributed by atoms with Gasteiger partial charge in [-0.2, -0.15) is 0 Å². The van der Waals surface area contributed by atoms with Crippen molar-refractivity contribution in [2.24, 2.45) is 5.92 Å². The Balaban J connectivity index is 2.97. The Morgan fingerprint density at radius 2 is 2.12 bits per heavy atom. The Morgan fingerprint density at radius 1 is 1.50 bits per heavy atom. The SMILES string of the molecule is CCOC(=O)C(C)C1=C(C(C)=O)C(=O)OC1. The number of carbonyl (C=O) groups excluding carboxylic acids is 3. The van der Waals surface area contributed by atoms with Crippen LogP contribution in [0.25, 0.3) is 0 Å². The molecule has 16 heavy (non-hydrogen) atoms. The van der Waals surface area contributed by atoms with Crippen LogP contribution in [0.4, 0.5) is 0 Å². The molecule has 0 aromatic heterocycles. The third-order valence-electron chi connectivity index (χ3n) is 2.40. The maximum absolute atomic E-state index is 11.5. The topological polar surface area (TPSA) is 69.7 Å². The van der Waals surface area contributed by atoms with Gasteiger partial charge in [0.05, 0.1) is 12.5 Å². The first kappa shape index (κ1) is 12.4. The first-order valence-corrected chi connectivity index (χ1v) is 5.06. The molecule has 5 heteroatoms. The summed E-state index contributed by atoms with van der Waals surface area (Å²) in [6, 6.07) is 0. The van der Waals surface area contributed by atoms with Gasteiger partial charge in [-0.05, 0) is 26.3 Å². The van der Waals surface area contributed by atoms with E-state index < -0.39 is 17.9 Å². The van der Waals surface area contributed by atoms with Crippen LogP contribution < -0.4 is 0 Å². The van der Waals surface area contributed by atoms with Gasteiger partial charge in [0.25, 0.3) is 0 Å². The van der Waals surface area contributed by atoms with E-state index in [0.29, 0.717) is 5.57 Å². The van der Waals surface area contributed by atoms with E-state index in [9.17, 15) is 14.4 Å². The van der Waals surface area contributed by atoms with Crippen molar-refractivity contribution in [2.75, 3.05) is 13.2 Å². The highest BCUT2D eigenvalue weighted by Crippen LogP contribution is 2.24. The summed E-state index contributed by atoms with van der Waals surface area (Å²) in [5.41, 5.74) is 0.400. The van der Waals surface area contributed by atoms with Crippen LogP contribution in [-0.4, -0.2) is 30.9 Å². The van der Waals surface area contributed by atoms with Gasteiger partial charge in [-0.25, -0.2) is 4.79 Å². The third-order valence-corrected chi connectivity index (χ3v) is 2.40. The molecule has 5 nitrogen and oxygen atoms in total. The molecule has 88 valence electrons. The second-order valence-electron chi connectivity index (χ2n) is 3.51. The average molecular weight is 226 g/mol. The molecule has 1 aliphatic heterocycles. The quantitative estimate of drug-likeness (QED) is 0.519. The molecular weight excluding hydrogens is 212 g/mol. The van der Waals surface area contributed by atoms with Gasteiger partial charge in [0, 0.05) is 0 Å². The first-order valence-electron chi connectivity index (χ1n) is 5.06. The van der Waals surface area contributed by atoms with E-state index in [-0.39, 0.29) is 24.6 Å². The van der Waals surface area contributed by atoms with Crippen molar-refractivity contribution in [2.45, 2.75) is 20.8 Å². The predicted molar refractivity (Wildman–Crippen MR) is 54.5 cm³/mol. The molecular formula is C11H14O5. The van der Waals surface area contributed by atoms with Crippen LogP contribution in [0.5, 0.6) is 0 Å². The fourth-order valence-electron chi connectivity index (χ4n) is 1.54. The van der Waals surface area contributed by atoms with Crippen LogP contribution in [0.2, 0.25) is 0 Å². The van der Waals surface area contributed by atoms with Gasteiger partial charge in [-0.15, -0.1) is 0 Å². The Hall–Kier alpha value is -1.65. The molecule has 0 bridgehead atoms. The van der Waals surface area contributed by atoms with Crippen molar-refractivity contribution < 1.29 is 23.9 Å². The molecule has 1 aliphatic rings. The summed E-state index contributed by atoms with van der Waals surface area (Å²) in [7, 11) is 0. The molecule has 0 aliphatic carbocycles. The van der Waals surface area contributed by atoms with Crippen molar-refractivity contribution >= 4 is 17.7 Å². The van der Waals surface area contributed by atoms with Crippen LogP contribution >= 0.6 is 0 Å². The zero-order valence-electron chi connectivity index (χ0n) is 9.53. The number of carbonyl (C=O) groups is 3. The van der Waals surface area contributed by atoms with E-state index in [0.717, 1.165) is 0 Å². The highest BCUT2D eigenvalue weighted by molar-refractivity contribution is 6.18. The minimum Gasteiger partial charge on any atom is -0.466 e. The number of hydrogen-bond acceptors (Lipinski definition) is 5. The summed E-state index contributed by atoms with van der Waals surface area (Å²) in [6.45, 7) is 4.83. The Kier molecular flexibility index (Phi) is 3.82. The zero-order chi connectivity index (χ0) is 12.3. The van der Waals surface area contributed by atoms with Gasteiger partial charge in [0.2, 0.25) is 0 Å². The molecule has 0 radical (unpaired) electrons. The van der Waals surface area contributed by atoms with Gasteiger partial charge in [-0.3, -0.25) is 9.59 Å². The van der Waals surface area contributed by atoms with E-state index >= 15 is 0 Å². The van der Waals surface area contributed by atoms with E-state index in [1.54, 1.807) is 13.8 Å². The first-order chi connectivity index (χ1) is 7.49. The zero-order valence-corrected chi connectivity index (χ0v) is 9.53. The smallest absolute Gasteiger partial charge is 0.342 e. The number of ether oxygens (including phenoxy) is 2. The van der Waals surface area contributed by atoms with E-state index in [1.807, 2.05) is 0 Å². The standard InChI is InChI=1S/C11H14O5/c1-4-15-10(13)6(2)8-5-16-11(14)9(8)7(3)12/h6H,4-5H2,1-3H3. The van der Waals surface area contributed by atoms with Gasteiger partial charge >= 0.3 is 11.9 Å². The van der Waals surface area contributed by atoms with Gasteiger partial charge in [0.1, 0.15) is 12.2 Å². The Bertz CT molecular complexity index is 367. The van der Waals surface area contributed by atoms with Crippen LogP contribution in [-0.2, 0) is 23.9 Å². The van der Waals surface area contributed by atoms with Crippen LogP contribution in [0, 0.1) is 5.92 Å². The monoisotopic (exact) mass is 226 g/mol. The fraction of sp³-hybridized carbons (Fsp3) is 0.545. The van der Waals surface area contributed by atoms with Crippen LogP contribution in [0.15, 0.2) is 11.1 Å². The average Bonchev–Trinajstić information content (AvgIpc) is 2.59. The summed E-state index contributed by atoms with van der Waals surface area (Å²) in [5, 5.41) is 0. The highest BCUT2D eigenvalue weighted by atomic mass is 16.5. The minimum atomic E-state index is -0.654. The van der Waals surface area contributed by atoms with Crippen LogP contribution in [0.3, 0.4) is 0 Å². The largest absolute Gasteiger partial charge is 0.466 e. The summed E-state index contributed by atoms with van der Waals surface area (Å²) < 4.78 is 9.58. The molecule has 0 amide bonds. The molecule has 1 atom stereocenters. The van der Waals surface area contributed by atoms with Crippen molar-refractivity contribution in [1.29, 1.82) is 0 Å². The molecule has 1 unspecified atom stereocenters. The van der Waals surface area contributed by atoms with Crippen molar-refractivity contribution in [3.8, 4) is 0 Å². The van der Waals surface area contributed by atoms with E-state index in [2.05, 4.69) is 0 Å². The number of hydrogen-bond donors (Lipinski definition) is 0. The molecule has 1 rings (SSSR count). The Labute approximate surface area is 93.4 Å². The number of ketones is 1. The number of esters is 2. The molecule has 0 saturated heterocycles. The van der Waals surface area contributed by atoms with Crippen molar-refractivity contribution in [3.05, 3.63) is 11.1 Å². The molecule has 0 aromatic carbocycles. The summed E-state index contributed by atoms with van der Waals surface area (Å²) >= 11 is 0. The lowest BCUT2D eigenvalue weighted by Crippen LogP contribution is -2.19. The molecule has 0 saturated carbocycles. The van der Waals surface area contributed by atoms with Gasteiger partial charge < -0.3 is 9.47 Å². The lowest BCUT2D eigenvalue weighted by Gasteiger charge is -2.10. The summed E-state index contributed by atoms with van der Waals surface area (Å²) in [6.07, 6.45) is 0. The third kappa shape index (κ3) is 2.29. The van der Waals surface area contributed by atoms with E-state index in [1.165, 1.54) is 6.92 Å². The molecule has 0 spiro atoms. The maximum Gasteiger partial charge on any atom is 0.342 e. The highest BCUT2D eigenvalue weighted by Gasteiger charge is 2.34. The normalized spacial score (nSPS) is 17.1. The van der Waals surface area contributed by atoms with Gasteiger partial charge in [0.15, 0.2) is 5.78 Å². The summed E-state index contributed by atoms with van der Waals surface area (Å²) in [5.74, 6) is -2.10. The molecule has 0 aromatic rings. The number of cyclic esters (lactones) is 1. The van der Waals surface area contributed by atoms with Gasteiger partial charge in [-0.1, -0.05) is 0 Å². The predicted octanol–water partition coefficient (Wildman–Crippen LogP) is 0.628. The number of Topliss-reactive ketones (excluding diaryl/α,β-unsaturated/α-hetero) is 1. The van der Waals surface area contributed by atoms with Crippen molar-refractivity contribution in [1.82, 2.24) is 0 Å². The fourth-order valence-corrected chi connectivity index (χ4v) is 1.54. The second kappa shape index (κ2) is 4.92. The minimum absolute atomic E-state index is 0.00622. The van der Waals surface area contributed by atoms with E-state index in [4.69, 9.17) is 9.47 Å². The maximum atomic E-state index is 11.5. The molecule has 1 heterocycles. The lowest BCUT2D eigenvalue weighted by atomic mass is 9.96. The number of rotatable bonds is 4. The molecule has 0 N–H and O–H groups in total.